The lowest BCUT2D eigenvalue weighted by Crippen LogP contribution is -2.13. The third-order valence-electron chi connectivity index (χ3n) is 2.14. The van der Waals surface area contributed by atoms with Crippen molar-refractivity contribution in [2.75, 3.05) is 19.8 Å². The summed E-state index contributed by atoms with van der Waals surface area (Å²) in [6, 6.07) is 0. The van der Waals surface area contributed by atoms with Crippen LogP contribution in [-0.4, -0.2) is 36.0 Å². The summed E-state index contributed by atoms with van der Waals surface area (Å²) in [4.78, 5) is 11.0. The average Bonchev–Trinajstić information content (AvgIpc) is 2.22. The fraction of sp³-hybridized carbons (Fsp3) is 0.727. The lowest BCUT2D eigenvalue weighted by atomic mass is 10.0. The molecule has 1 unspecified atom stereocenters. The zero-order chi connectivity index (χ0) is 11.7. The summed E-state index contributed by atoms with van der Waals surface area (Å²) in [6.07, 6.45) is 2.03. The molecule has 0 aliphatic rings. The SMILES string of the molecule is C=C(C)C(=O)OCCC(CO)CCCO. The minimum atomic E-state index is -0.395. The van der Waals surface area contributed by atoms with Gasteiger partial charge >= 0.3 is 5.97 Å². The molecule has 4 heteroatoms. The van der Waals surface area contributed by atoms with Crippen molar-refractivity contribution in [3.63, 3.8) is 0 Å². The Balaban J connectivity index is 3.62. The van der Waals surface area contributed by atoms with Gasteiger partial charge in [0.1, 0.15) is 0 Å². The molecule has 0 heterocycles. The van der Waals surface area contributed by atoms with Crippen LogP contribution in [0.15, 0.2) is 12.2 Å². The molecular formula is C11H20O4. The van der Waals surface area contributed by atoms with Gasteiger partial charge in [-0.25, -0.2) is 4.79 Å². The van der Waals surface area contributed by atoms with E-state index < -0.39 is 5.97 Å². The van der Waals surface area contributed by atoms with Gasteiger partial charge in [-0.05, 0) is 32.1 Å². The van der Waals surface area contributed by atoms with E-state index in [1.165, 1.54) is 0 Å². The van der Waals surface area contributed by atoms with Crippen molar-refractivity contribution in [1.29, 1.82) is 0 Å². The maximum Gasteiger partial charge on any atom is 0.333 e. The summed E-state index contributed by atoms with van der Waals surface area (Å²) in [7, 11) is 0. The van der Waals surface area contributed by atoms with Crippen LogP contribution in [0.2, 0.25) is 0 Å². The third kappa shape index (κ3) is 7.11. The van der Waals surface area contributed by atoms with E-state index in [-0.39, 0.29) is 19.1 Å². The first-order chi connectivity index (χ1) is 7.11. The highest BCUT2D eigenvalue weighted by Gasteiger charge is 2.09. The van der Waals surface area contributed by atoms with E-state index >= 15 is 0 Å². The first kappa shape index (κ1) is 14.1. The van der Waals surface area contributed by atoms with E-state index in [4.69, 9.17) is 14.9 Å². The Kier molecular flexibility index (Phi) is 7.95. The first-order valence-electron chi connectivity index (χ1n) is 5.16. The topological polar surface area (TPSA) is 66.8 Å². The molecule has 0 aromatic rings. The normalized spacial score (nSPS) is 12.2. The van der Waals surface area contributed by atoms with Crippen molar-refractivity contribution in [3.05, 3.63) is 12.2 Å². The maximum absolute atomic E-state index is 11.0. The van der Waals surface area contributed by atoms with Gasteiger partial charge in [0.2, 0.25) is 0 Å². The van der Waals surface area contributed by atoms with Crippen LogP contribution in [0.1, 0.15) is 26.2 Å². The number of ether oxygens (including phenoxy) is 1. The number of aliphatic hydroxyl groups is 2. The van der Waals surface area contributed by atoms with Crippen molar-refractivity contribution in [2.45, 2.75) is 26.2 Å². The fourth-order valence-electron chi connectivity index (χ4n) is 1.15. The second kappa shape index (κ2) is 8.44. The van der Waals surface area contributed by atoms with Crippen LogP contribution >= 0.6 is 0 Å². The number of esters is 1. The number of hydrogen-bond donors (Lipinski definition) is 2. The molecule has 1 atom stereocenters. The number of carbonyl (C=O) groups is 1. The summed E-state index contributed by atoms with van der Waals surface area (Å²) < 4.78 is 4.90. The fourth-order valence-corrected chi connectivity index (χ4v) is 1.15. The van der Waals surface area contributed by atoms with Crippen LogP contribution in [0, 0.1) is 5.92 Å². The quantitative estimate of drug-likeness (QED) is 0.467. The van der Waals surface area contributed by atoms with E-state index in [2.05, 4.69) is 6.58 Å². The summed E-state index contributed by atoms with van der Waals surface area (Å²) in [6.45, 7) is 5.54. The molecule has 88 valence electrons. The van der Waals surface area contributed by atoms with Crippen LogP contribution in [0.25, 0.3) is 0 Å². The minimum Gasteiger partial charge on any atom is -0.462 e. The molecule has 0 aliphatic heterocycles. The first-order valence-corrected chi connectivity index (χ1v) is 5.16. The highest BCUT2D eigenvalue weighted by molar-refractivity contribution is 5.86. The second-order valence-electron chi connectivity index (χ2n) is 3.62. The van der Waals surface area contributed by atoms with Gasteiger partial charge in [0.05, 0.1) is 6.61 Å². The third-order valence-corrected chi connectivity index (χ3v) is 2.14. The predicted molar refractivity (Wildman–Crippen MR) is 57.3 cm³/mol. The molecule has 0 amide bonds. The van der Waals surface area contributed by atoms with Crippen molar-refractivity contribution < 1.29 is 19.7 Å². The van der Waals surface area contributed by atoms with Gasteiger partial charge in [-0.1, -0.05) is 6.58 Å². The van der Waals surface area contributed by atoms with Crippen molar-refractivity contribution in [2.24, 2.45) is 5.92 Å². The van der Waals surface area contributed by atoms with Crippen LogP contribution in [0.3, 0.4) is 0 Å². The van der Waals surface area contributed by atoms with Gasteiger partial charge in [0.15, 0.2) is 0 Å². The molecule has 0 aromatic heterocycles. The molecule has 0 aromatic carbocycles. The zero-order valence-corrected chi connectivity index (χ0v) is 9.24. The minimum absolute atomic E-state index is 0.0601. The molecule has 2 N–H and O–H groups in total. The van der Waals surface area contributed by atoms with Gasteiger partial charge in [-0.15, -0.1) is 0 Å². The number of aliphatic hydroxyl groups excluding tert-OH is 2. The Morgan fingerprint density at radius 2 is 2.07 bits per heavy atom. The lowest BCUT2D eigenvalue weighted by Gasteiger charge is -2.13. The zero-order valence-electron chi connectivity index (χ0n) is 9.24. The predicted octanol–water partition coefficient (Wildman–Crippen LogP) is 0.877. The van der Waals surface area contributed by atoms with Crippen LogP contribution in [-0.2, 0) is 9.53 Å². The van der Waals surface area contributed by atoms with E-state index in [1.807, 2.05) is 0 Å². The van der Waals surface area contributed by atoms with Gasteiger partial charge < -0.3 is 14.9 Å². The monoisotopic (exact) mass is 216 g/mol. The summed E-state index contributed by atoms with van der Waals surface area (Å²) in [5.74, 6) is -0.302. The summed E-state index contributed by atoms with van der Waals surface area (Å²) in [5.41, 5.74) is 0.380. The Hall–Kier alpha value is -0.870. The molecule has 0 radical (unpaired) electrons. The van der Waals surface area contributed by atoms with Crippen LogP contribution < -0.4 is 0 Å². The second-order valence-corrected chi connectivity index (χ2v) is 3.62. The molecule has 0 fully saturated rings. The Bertz CT molecular complexity index is 201. The average molecular weight is 216 g/mol. The molecule has 4 nitrogen and oxygen atoms in total. The van der Waals surface area contributed by atoms with E-state index in [9.17, 15) is 4.79 Å². The smallest absolute Gasteiger partial charge is 0.333 e. The van der Waals surface area contributed by atoms with E-state index in [0.29, 0.717) is 25.0 Å². The largest absolute Gasteiger partial charge is 0.462 e. The van der Waals surface area contributed by atoms with Gasteiger partial charge in [-0.2, -0.15) is 0 Å². The number of carbonyl (C=O) groups excluding carboxylic acids is 1. The highest BCUT2D eigenvalue weighted by atomic mass is 16.5. The number of hydrogen-bond acceptors (Lipinski definition) is 4. The van der Waals surface area contributed by atoms with E-state index in [0.717, 1.165) is 6.42 Å². The van der Waals surface area contributed by atoms with Crippen molar-refractivity contribution in [3.8, 4) is 0 Å². The number of rotatable bonds is 8. The lowest BCUT2D eigenvalue weighted by molar-refractivity contribution is -0.139. The molecule has 15 heavy (non-hydrogen) atoms. The van der Waals surface area contributed by atoms with Crippen molar-refractivity contribution >= 4 is 5.97 Å². The highest BCUT2D eigenvalue weighted by Crippen LogP contribution is 2.10. The van der Waals surface area contributed by atoms with Gasteiger partial charge in [0, 0.05) is 18.8 Å². The molecule has 0 saturated heterocycles. The Morgan fingerprint density at radius 1 is 1.40 bits per heavy atom. The molecule has 0 rings (SSSR count). The van der Waals surface area contributed by atoms with Crippen LogP contribution in [0.5, 0.6) is 0 Å². The molecular weight excluding hydrogens is 196 g/mol. The molecule has 0 spiro atoms. The maximum atomic E-state index is 11.0. The van der Waals surface area contributed by atoms with Crippen molar-refractivity contribution in [1.82, 2.24) is 0 Å². The molecule has 0 bridgehead atoms. The Morgan fingerprint density at radius 3 is 2.53 bits per heavy atom. The van der Waals surface area contributed by atoms with Gasteiger partial charge in [0.25, 0.3) is 0 Å². The molecule has 0 saturated carbocycles. The summed E-state index contributed by atoms with van der Waals surface area (Å²) in [5, 5.41) is 17.6. The Labute approximate surface area is 90.6 Å². The van der Waals surface area contributed by atoms with E-state index in [1.54, 1.807) is 6.92 Å². The standard InChI is InChI=1S/C11H20O4/c1-9(2)11(14)15-7-5-10(8-13)4-3-6-12/h10,12-13H,1,3-8H2,2H3. The molecule has 0 aliphatic carbocycles. The van der Waals surface area contributed by atoms with Gasteiger partial charge in [-0.3, -0.25) is 0 Å². The van der Waals surface area contributed by atoms with Crippen LogP contribution in [0.4, 0.5) is 0 Å². The summed E-state index contributed by atoms with van der Waals surface area (Å²) >= 11 is 0.